The average Bonchev–Trinajstić information content (AvgIpc) is 2.79. The molecule has 1 N–H and O–H groups in total. The van der Waals surface area contributed by atoms with E-state index < -0.39 is 6.04 Å². The van der Waals surface area contributed by atoms with Crippen molar-refractivity contribution in [3.63, 3.8) is 0 Å². The molecule has 1 atom stereocenters. The maximum Gasteiger partial charge on any atom is 0.242 e. The summed E-state index contributed by atoms with van der Waals surface area (Å²) in [5, 5.41) is 4.07. The zero-order chi connectivity index (χ0) is 23.1. The van der Waals surface area contributed by atoms with Crippen LogP contribution in [0.2, 0.25) is 15.1 Å². The van der Waals surface area contributed by atoms with Crippen LogP contribution < -0.4 is 5.32 Å². The van der Waals surface area contributed by atoms with Crippen LogP contribution in [-0.4, -0.2) is 29.8 Å². The Balaban J connectivity index is 1.95. The number of carbonyl (C=O) groups is 2. The fourth-order valence-corrected chi connectivity index (χ4v) is 4.01. The van der Waals surface area contributed by atoms with Gasteiger partial charge in [-0.1, -0.05) is 83.3 Å². The summed E-state index contributed by atoms with van der Waals surface area (Å²) in [6, 6.07) is 21.3. The van der Waals surface area contributed by atoms with Crippen molar-refractivity contribution in [2.45, 2.75) is 25.4 Å². The summed E-state index contributed by atoms with van der Waals surface area (Å²) in [6.45, 7) is 0.242. The van der Waals surface area contributed by atoms with E-state index in [0.717, 1.165) is 16.7 Å². The molecule has 0 radical (unpaired) electrons. The van der Waals surface area contributed by atoms with E-state index >= 15 is 0 Å². The Morgan fingerprint density at radius 3 is 2.22 bits per heavy atom. The first-order valence-electron chi connectivity index (χ1n) is 10.1. The topological polar surface area (TPSA) is 49.4 Å². The van der Waals surface area contributed by atoms with Crippen molar-refractivity contribution in [3.8, 4) is 0 Å². The number of likely N-dealkylation sites (N-methyl/N-ethyl adjacent to an activating group) is 1. The summed E-state index contributed by atoms with van der Waals surface area (Å²) in [6.07, 6.45) is 0.466. The van der Waals surface area contributed by atoms with E-state index in [9.17, 15) is 9.59 Å². The molecule has 4 nitrogen and oxygen atoms in total. The Kier molecular flexibility index (Phi) is 8.57. The number of carbonyl (C=O) groups excluding carboxylic acids is 2. The Morgan fingerprint density at radius 1 is 0.844 bits per heavy atom. The van der Waals surface area contributed by atoms with Gasteiger partial charge in [-0.05, 0) is 41.0 Å². The Labute approximate surface area is 203 Å². The van der Waals surface area contributed by atoms with Crippen molar-refractivity contribution < 1.29 is 9.59 Å². The zero-order valence-corrected chi connectivity index (χ0v) is 19.8. The first-order chi connectivity index (χ1) is 15.4. The molecule has 3 aromatic rings. The van der Waals surface area contributed by atoms with E-state index in [2.05, 4.69) is 5.32 Å². The molecule has 0 heterocycles. The molecule has 0 aliphatic heterocycles. The van der Waals surface area contributed by atoms with Crippen LogP contribution in [0, 0.1) is 0 Å². The number of rotatable bonds is 8. The normalized spacial score (nSPS) is 11.6. The minimum Gasteiger partial charge on any atom is -0.357 e. The minimum absolute atomic E-state index is 0.0831. The summed E-state index contributed by atoms with van der Waals surface area (Å²) in [5.41, 5.74) is 2.51. The van der Waals surface area contributed by atoms with Crippen LogP contribution >= 0.6 is 34.8 Å². The van der Waals surface area contributed by atoms with Crippen LogP contribution in [-0.2, 0) is 29.0 Å². The summed E-state index contributed by atoms with van der Waals surface area (Å²) in [7, 11) is 1.57. The first-order valence-corrected chi connectivity index (χ1v) is 11.2. The fraction of sp³-hybridized carbons (Fsp3) is 0.200. The Bertz CT molecular complexity index is 1090. The molecule has 0 unspecified atom stereocenters. The maximum atomic E-state index is 13.5. The van der Waals surface area contributed by atoms with E-state index in [-0.39, 0.29) is 24.8 Å². The van der Waals surface area contributed by atoms with Gasteiger partial charge in [0, 0.05) is 25.0 Å². The van der Waals surface area contributed by atoms with E-state index in [1.54, 1.807) is 42.3 Å². The number of nitrogens with one attached hydrogen (secondary N) is 1. The predicted octanol–water partition coefficient (Wildman–Crippen LogP) is 5.58. The number of amides is 2. The number of nitrogens with zero attached hydrogens (tertiary/aromatic N) is 1. The molecule has 0 aliphatic rings. The second-order valence-electron chi connectivity index (χ2n) is 7.40. The highest BCUT2D eigenvalue weighted by Crippen LogP contribution is 2.24. The third kappa shape index (κ3) is 6.49. The lowest BCUT2D eigenvalue weighted by molar-refractivity contribution is -0.140. The molecule has 7 heteroatoms. The molecule has 0 saturated heterocycles. The van der Waals surface area contributed by atoms with Crippen LogP contribution in [0.5, 0.6) is 0 Å². The standard InChI is InChI=1S/C25H23Cl3N2O2/c1-29-25(32)23(14-17-6-3-2-4-7-17)30(16-19-8-5-9-20(26)12-19)24(31)15-18-10-11-21(27)22(28)13-18/h2-13,23H,14-16H2,1H3,(H,29,32)/t23-/m1/s1. The highest BCUT2D eigenvalue weighted by Gasteiger charge is 2.30. The lowest BCUT2D eigenvalue weighted by atomic mass is 10.0. The van der Waals surface area contributed by atoms with Gasteiger partial charge in [0.1, 0.15) is 6.04 Å². The highest BCUT2D eigenvalue weighted by molar-refractivity contribution is 6.42. The van der Waals surface area contributed by atoms with E-state index in [1.165, 1.54) is 0 Å². The van der Waals surface area contributed by atoms with Crippen LogP contribution in [0.3, 0.4) is 0 Å². The molecule has 3 aromatic carbocycles. The fourth-order valence-electron chi connectivity index (χ4n) is 3.48. The Hall–Kier alpha value is -2.53. The molecule has 0 aromatic heterocycles. The monoisotopic (exact) mass is 488 g/mol. The van der Waals surface area contributed by atoms with Crippen molar-refractivity contribution in [2.75, 3.05) is 7.05 Å². The number of hydrogen-bond acceptors (Lipinski definition) is 2. The van der Waals surface area contributed by atoms with Crippen LogP contribution in [0.25, 0.3) is 0 Å². The van der Waals surface area contributed by atoms with Crippen molar-refractivity contribution in [1.82, 2.24) is 10.2 Å². The zero-order valence-electron chi connectivity index (χ0n) is 17.5. The van der Waals surface area contributed by atoms with Crippen LogP contribution in [0.4, 0.5) is 0 Å². The number of benzene rings is 3. The van der Waals surface area contributed by atoms with Gasteiger partial charge in [-0.3, -0.25) is 9.59 Å². The van der Waals surface area contributed by atoms with Crippen molar-refractivity contribution in [3.05, 3.63) is 105 Å². The lowest BCUT2D eigenvalue weighted by Gasteiger charge is -2.31. The van der Waals surface area contributed by atoms with Gasteiger partial charge < -0.3 is 10.2 Å². The second kappa shape index (κ2) is 11.4. The molecule has 166 valence electrons. The number of halogens is 3. The molecule has 0 spiro atoms. The summed E-state index contributed by atoms with van der Waals surface area (Å²) >= 11 is 18.3. The van der Waals surface area contributed by atoms with Gasteiger partial charge in [0.25, 0.3) is 0 Å². The van der Waals surface area contributed by atoms with Crippen molar-refractivity contribution in [1.29, 1.82) is 0 Å². The SMILES string of the molecule is CNC(=O)[C@@H](Cc1ccccc1)N(Cc1cccc(Cl)c1)C(=O)Cc1ccc(Cl)c(Cl)c1. The van der Waals surface area contributed by atoms with E-state index in [1.807, 2.05) is 42.5 Å². The molecule has 2 amide bonds. The van der Waals surface area contributed by atoms with Gasteiger partial charge in [0.05, 0.1) is 16.5 Å². The van der Waals surface area contributed by atoms with Crippen LogP contribution in [0.1, 0.15) is 16.7 Å². The second-order valence-corrected chi connectivity index (χ2v) is 8.65. The molecule has 0 aliphatic carbocycles. The molecule has 0 fully saturated rings. The lowest BCUT2D eigenvalue weighted by Crippen LogP contribution is -2.50. The van der Waals surface area contributed by atoms with Gasteiger partial charge in [-0.15, -0.1) is 0 Å². The first kappa shape index (κ1) is 24.1. The molecule has 32 heavy (non-hydrogen) atoms. The summed E-state index contributed by atoms with van der Waals surface area (Å²) < 4.78 is 0. The van der Waals surface area contributed by atoms with E-state index in [0.29, 0.717) is 21.5 Å². The molecule has 3 rings (SSSR count). The van der Waals surface area contributed by atoms with Gasteiger partial charge in [0.15, 0.2) is 0 Å². The summed E-state index contributed by atoms with van der Waals surface area (Å²) in [4.78, 5) is 28.0. The number of hydrogen-bond donors (Lipinski definition) is 1. The quantitative estimate of drug-likeness (QED) is 0.449. The molecule has 0 bridgehead atoms. The smallest absolute Gasteiger partial charge is 0.242 e. The summed E-state index contributed by atoms with van der Waals surface area (Å²) in [5.74, 6) is -0.439. The van der Waals surface area contributed by atoms with Gasteiger partial charge in [-0.25, -0.2) is 0 Å². The van der Waals surface area contributed by atoms with Crippen LogP contribution in [0.15, 0.2) is 72.8 Å². The molecular formula is C25H23Cl3N2O2. The van der Waals surface area contributed by atoms with Gasteiger partial charge in [-0.2, -0.15) is 0 Å². The largest absolute Gasteiger partial charge is 0.357 e. The van der Waals surface area contributed by atoms with Crippen molar-refractivity contribution >= 4 is 46.6 Å². The Morgan fingerprint density at radius 2 is 1.56 bits per heavy atom. The highest BCUT2D eigenvalue weighted by atomic mass is 35.5. The molecule has 0 saturated carbocycles. The third-order valence-corrected chi connectivity index (χ3v) is 6.07. The molecular weight excluding hydrogens is 467 g/mol. The van der Waals surface area contributed by atoms with E-state index in [4.69, 9.17) is 34.8 Å². The predicted molar refractivity (Wildman–Crippen MR) is 130 cm³/mol. The van der Waals surface area contributed by atoms with Gasteiger partial charge >= 0.3 is 0 Å². The van der Waals surface area contributed by atoms with Crippen molar-refractivity contribution in [2.24, 2.45) is 0 Å². The third-order valence-electron chi connectivity index (χ3n) is 5.10. The maximum absolute atomic E-state index is 13.5. The van der Waals surface area contributed by atoms with Gasteiger partial charge in [0.2, 0.25) is 11.8 Å². The average molecular weight is 490 g/mol. The minimum atomic E-state index is -0.698.